The Morgan fingerprint density at radius 1 is 0.714 bits per heavy atom. The molecule has 0 unspecified atom stereocenters. The summed E-state index contributed by atoms with van der Waals surface area (Å²) in [5, 5.41) is 12.5. The summed E-state index contributed by atoms with van der Waals surface area (Å²) in [6.45, 7) is 9.50. The fourth-order valence-electron chi connectivity index (χ4n) is 0. The number of hydrogen-bond acceptors (Lipinski definition) is 2. The van der Waals surface area contributed by atoms with Crippen LogP contribution in [0.2, 0.25) is 0 Å². The molecule has 0 aromatic rings. The van der Waals surface area contributed by atoms with Gasteiger partial charge in [-0.3, -0.25) is 0 Å². The van der Waals surface area contributed by atoms with E-state index in [1.165, 1.54) is 0 Å². The Morgan fingerprint density at radius 2 is 0.714 bits per heavy atom. The minimum Gasteiger partial charge on any atom is -0.512 e. The molecule has 5 heteroatoms. The van der Waals surface area contributed by atoms with Gasteiger partial charge in [-0.15, -0.1) is 0 Å². The first-order chi connectivity index (χ1) is 2.00. The minimum atomic E-state index is 0. The topological polar surface area (TPSA) is 79.1 Å². The summed E-state index contributed by atoms with van der Waals surface area (Å²) in [6, 6.07) is 0. The van der Waals surface area contributed by atoms with E-state index in [1.807, 2.05) is 0 Å². The molecular weight excluding hydrogens is 114 g/mol. The van der Waals surface area contributed by atoms with E-state index < -0.39 is 0 Å². The Labute approximate surface area is 87.2 Å². The Kier molecular flexibility index (Phi) is 1750. The average Bonchev–Trinajstić information content (AvgIpc) is 1.50. The van der Waals surface area contributed by atoms with Crippen molar-refractivity contribution in [1.82, 2.24) is 0 Å². The van der Waals surface area contributed by atoms with Gasteiger partial charge in [-0.1, -0.05) is 0 Å². The molecule has 0 aliphatic rings. The molecule has 0 atom stereocenters. The normalized spacial score (nSPS) is 0.571. The maximum Gasteiger partial charge on any atom is 1.00 e. The van der Waals surface area contributed by atoms with Crippen molar-refractivity contribution < 1.29 is 64.6 Å². The molecule has 0 radical (unpaired) electrons. The summed E-state index contributed by atoms with van der Waals surface area (Å²) in [5.74, 6) is 0. The molecule has 0 spiro atoms. The van der Waals surface area contributed by atoms with Crippen LogP contribution in [0.5, 0.6) is 0 Å². The van der Waals surface area contributed by atoms with E-state index in [9.17, 15) is 0 Å². The van der Waals surface area contributed by atoms with Gasteiger partial charge in [0.2, 0.25) is 0 Å². The van der Waals surface area contributed by atoms with Gasteiger partial charge in [0.1, 0.15) is 0 Å². The molecular formula is C2H2N2Na2O. The fraction of sp³-hybridized carbons (Fsp3) is 0. The molecule has 0 fully saturated rings. The second kappa shape index (κ2) is 277. The monoisotopic (exact) mass is 116 g/mol. The first kappa shape index (κ1) is 44.2. The van der Waals surface area contributed by atoms with E-state index in [-0.39, 0.29) is 64.6 Å². The van der Waals surface area contributed by atoms with Crippen LogP contribution in [-0.2, 0) is 0 Å². The predicted octanol–water partition coefficient (Wildman–Crippen LogP) is -6.62. The van der Waals surface area contributed by atoms with Gasteiger partial charge in [-0.05, 0) is 0 Å². The van der Waals surface area contributed by atoms with Crippen LogP contribution in [0.25, 0.3) is 0 Å². The van der Waals surface area contributed by atoms with Crippen LogP contribution in [0.1, 0.15) is 0 Å². The molecule has 0 saturated heterocycles. The van der Waals surface area contributed by atoms with E-state index in [1.54, 1.807) is 0 Å². The molecule has 0 aliphatic heterocycles. The predicted molar refractivity (Wildman–Crippen MR) is 13.5 cm³/mol. The smallest absolute Gasteiger partial charge is 0.512 e. The summed E-state index contributed by atoms with van der Waals surface area (Å²) < 4.78 is 0. The van der Waals surface area contributed by atoms with Crippen molar-refractivity contribution in [2.45, 2.75) is 0 Å². The van der Waals surface area contributed by atoms with Crippen LogP contribution < -0.4 is 59.1 Å². The van der Waals surface area contributed by atoms with E-state index in [2.05, 4.69) is 0 Å². The SMILES string of the molecule is O.[C-]#N.[C-]#N.[Na+].[Na+]. The molecule has 7 heavy (non-hydrogen) atoms. The van der Waals surface area contributed by atoms with Gasteiger partial charge in [0.15, 0.2) is 0 Å². The Hall–Kier alpha value is 0.940. The molecule has 28 valence electrons. The van der Waals surface area contributed by atoms with E-state index in [0.29, 0.717) is 0 Å². The van der Waals surface area contributed by atoms with Gasteiger partial charge in [0.25, 0.3) is 0 Å². The molecule has 0 aromatic heterocycles. The molecule has 2 N–H and O–H groups in total. The Balaban J connectivity index is -0.00000000267. The van der Waals surface area contributed by atoms with Crippen molar-refractivity contribution in [2.75, 3.05) is 0 Å². The van der Waals surface area contributed by atoms with E-state index in [4.69, 9.17) is 23.7 Å². The van der Waals surface area contributed by atoms with Gasteiger partial charge in [-0.2, -0.15) is 0 Å². The fourth-order valence-corrected chi connectivity index (χ4v) is 0. The maximum absolute atomic E-state index is 6.25. The second-order valence-electron chi connectivity index (χ2n) is 0. The third kappa shape index (κ3) is 192. The standard InChI is InChI=1S/2CN.2Na.H2O/c2*1-2;;;/h;;;;1H2/q2*-1;2*+1;. The molecule has 0 aromatic carbocycles. The average molecular weight is 116 g/mol. The summed E-state index contributed by atoms with van der Waals surface area (Å²) in [7, 11) is 0. The largest absolute Gasteiger partial charge is 1.00 e. The van der Waals surface area contributed by atoms with Crippen LogP contribution in [0, 0.1) is 23.7 Å². The first-order valence-corrected chi connectivity index (χ1v) is 0.447. The van der Waals surface area contributed by atoms with Crippen molar-refractivity contribution in [2.24, 2.45) is 0 Å². The number of nitrogens with zero attached hydrogens (tertiary/aromatic N) is 2. The zero-order valence-electron chi connectivity index (χ0n) is 4.39. The summed E-state index contributed by atoms with van der Waals surface area (Å²) in [4.78, 5) is 0. The van der Waals surface area contributed by atoms with Gasteiger partial charge in [0.05, 0.1) is 0 Å². The zero-order valence-corrected chi connectivity index (χ0v) is 8.39. The maximum atomic E-state index is 6.25. The quantitative estimate of drug-likeness (QED) is 0.233. The van der Waals surface area contributed by atoms with Crippen LogP contribution in [0.4, 0.5) is 0 Å². The van der Waals surface area contributed by atoms with Crippen LogP contribution in [0.15, 0.2) is 0 Å². The molecule has 3 nitrogen and oxygen atoms in total. The van der Waals surface area contributed by atoms with Gasteiger partial charge >= 0.3 is 59.1 Å². The molecule has 0 amide bonds. The van der Waals surface area contributed by atoms with Crippen molar-refractivity contribution in [3.63, 3.8) is 0 Å². The summed E-state index contributed by atoms with van der Waals surface area (Å²) in [6.07, 6.45) is 0. The molecule has 0 saturated carbocycles. The molecule has 0 heterocycles. The summed E-state index contributed by atoms with van der Waals surface area (Å²) in [5.41, 5.74) is 0. The summed E-state index contributed by atoms with van der Waals surface area (Å²) >= 11 is 0. The van der Waals surface area contributed by atoms with Crippen molar-refractivity contribution in [3.8, 4) is 0 Å². The molecule has 0 aliphatic carbocycles. The number of rotatable bonds is 0. The van der Waals surface area contributed by atoms with Crippen molar-refractivity contribution in [1.29, 1.82) is 10.5 Å². The van der Waals surface area contributed by atoms with Crippen LogP contribution in [-0.4, -0.2) is 5.48 Å². The number of hydrogen-bond donors (Lipinski definition) is 0. The van der Waals surface area contributed by atoms with Gasteiger partial charge in [-0.25, -0.2) is 0 Å². The van der Waals surface area contributed by atoms with E-state index >= 15 is 0 Å². The third-order valence-electron chi connectivity index (χ3n) is 0. The Bertz CT molecular complexity index is 29.2. The third-order valence-corrected chi connectivity index (χ3v) is 0. The molecule has 0 rings (SSSR count). The second-order valence-corrected chi connectivity index (χ2v) is 0. The van der Waals surface area contributed by atoms with Crippen LogP contribution in [0.3, 0.4) is 0 Å². The molecule has 0 bridgehead atoms. The first-order valence-electron chi connectivity index (χ1n) is 0.447. The minimum absolute atomic E-state index is 0. The van der Waals surface area contributed by atoms with Crippen molar-refractivity contribution in [3.05, 3.63) is 13.1 Å². The van der Waals surface area contributed by atoms with Crippen molar-refractivity contribution >= 4 is 0 Å². The Morgan fingerprint density at radius 3 is 0.714 bits per heavy atom. The van der Waals surface area contributed by atoms with Gasteiger partial charge < -0.3 is 29.1 Å². The zero-order chi connectivity index (χ0) is 4.00. The van der Waals surface area contributed by atoms with Crippen LogP contribution >= 0.6 is 0 Å². The van der Waals surface area contributed by atoms with Gasteiger partial charge in [0, 0.05) is 0 Å². The van der Waals surface area contributed by atoms with E-state index in [0.717, 1.165) is 0 Å².